The first kappa shape index (κ1) is 14.9. The highest BCUT2D eigenvalue weighted by Gasteiger charge is 2.30. The van der Waals surface area contributed by atoms with Crippen LogP contribution >= 0.6 is 28.6 Å². The van der Waals surface area contributed by atoms with Gasteiger partial charge in [-0.15, -0.1) is 12.6 Å². The number of hydrogen-bond donors (Lipinski definition) is 2. The first-order valence-electron chi connectivity index (χ1n) is 6.44. The van der Waals surface area contributed by atoms with Gasteiger partial charge in [0.25, 0.3) is 5.91 Å². The molecule has 1 aliphatic carbocycles. The van der Waals surface area contributed by atoms with Gasteiger partial charge in [0, 0.05) is 16.4 Å². The van der Waals surface area contributed by atoms with Gasteiger partial charge in [-0.2, -0.15) is 0 Å². The van der Waals surface area contributed by atoms with Gasteiger partial charge in [0.05, 0.1) is 17.7 Å². The van der Waals surface area contributed by atoms with Crippen molar-refractivity contribution in [1.82, 2.24) is 4.90 Å². The lowest BCUT2D eigenvalue weighted by Gasteiger charge is -2.35. The molecule has 2 rings (SSSR count). The van der Waals surface area contributed by atoms with Crippen molar-refractivity contribution in [3.8, 4) is 0 Å². The maximum Gasteiger partial charge on any atom is 0.255 e. The van der Waals surface area contributed by atoms with E-state index < -0.39 is 6.10 Å². The number of benzene rings is 1. The molecule has 1 aromatic rings. The van der Waals surface area contributed by atoms with Crippen molar-refractivity contribution in [1.29, 1.82) is 0 Å². The average molecular weight is 344 g/mol. The van der Waals surface area contributed by atoms with E-state index in [1.165, 1.54) is 0 Å². The SMILES string of the molecule is CN(C(=O)c1cc(S)ccc1Br)C1CCCCC1O. The number of aliphatic hydroxyl groups excluding tert-OH is 1. The summed E-state index contributed by atoms with van der Waals surface area (Å²) in [5, 5.41) is 10.0. The number of halogens is 1. The molecule has 1 amide bonds. The van der Waals surface area contributed by atoms with E-state index in [0.29, 0.717) is 5.56 Å². The molecule has 1 saturated carbocycles. The Morgan fingerprint density at radius 3 is 2.79 bits per heavy atom. The Hall–Kier alpha value is -0.520. The second kappa shape index (κ2) is 6.29. The summed E-state index contributed by atoms with van der Waals surface area (Å²) >= 11 is 7.66. The zero-order chi connectivity index (χ0) is 14.0. The van der Waals surface area contributed by atoms with Crippen LogP contribution in [0.1, 0.15) is 36.0 Å². The number of thiol groups is 1. The fourth-order valence-corrected chi connectivity index (χ4v) is 3.18. The molecule has 1 N–H and O–H groups in total. The minimum atomic E-state index is -0.416. The number of carbonyl (C=O) groups is 1. The molecule has 0 radical (unpaired) electrons. The highest BCUT2D eigenvalue weighted by atomic mass is 79.9. The maximum atomic E-state index is 12.5. The number of amides is 1. The molecule has 0 bridgehead atoms. The van der Waals surface area contributed by atoms with E-state index >= 15 is 0 Å². The maximum absolute atomic E-state index is 12.5. The molecule has 5 heteroatoms. The van der Waals surface area contributed by atoms with Crippen molar-refractivity contribution >= 4 is 34.5 Å². The first-order valence-corrected chi connectivity index (χ1v) is 7.68. The predicted molar refractivity (Wildman–Crippen MR) is 81.8 cm³/mol. The monoisotopic (exact) mass is 343 g/mol. The van der Waals surface area contributed by atoms with Crippen LogP contribution in [-0.2, 0) is 0 Å². The van der Waals surface area contributed by atoms with Gasteiger partial charge < -0.3 is 10.0 Å². The van der Waals surface area contributed by atoms with Crippen molar-refractivity contribution in [3.63, 3.8) is 0 Å². The molecule has 0 aliphatic heterocycles. The molecule has 0 spiro atoms. The zero-order valence-corrected chi connectivity index (χ0v) is 13.3. The number of carbonyl (C=O) groups excluding carboxylic acids is 1. The van der Waals surface area contributed by atoms with Crippen LogP contribution in [0.3, 0.4) is 0 Å². The summed E-state index contributed by atoms with van der Waals surface area (Å²) in [6, 6.07) is 5.32. The fourth-order valence-electron chi connectivity index (χ4n) is 2.56. The van der Waals surface area contributed by atoms with Crippen LogP contribution < -0.4 is 0 Å². The third kappa shape index (κ3) is 3.33. The third-order valence-electron chi connectivity index (χ3n) is 3.69. The molecule has 2 unspecified atom stereocenters. The molecule has 2 atom stereocenters. The van der Waals surface area contributed by atoms with Gasteiger partial charge in [-0.05, 0) is 47.0 Å². The molecular weight excluding hydrogens is 326 g/mol. The quantitative estimate of drug-likeness (QED) is 0.810. The Labute approximate surface area is 127 Å². The molecular formula is C14H18BrNO2S. The van der Waals surface area contributed by atoms with Gasteiger partial charge in [-0.25, -0.2) is 0 Å². The third-order valence-corrected chi connectivity index (χ3v) is 4.66. The minimum absolute atomic E-state index is 0.0753. The number of hydrogen-bond acceptors (Lipinski definition) is 3. The molecule has 1 aliphatic rings. The van der Waals surface area contributed by atoms with Crippen LogP contribution in [0.25, 0.3) is 0 Å². The van der Waals surface area contributed by atoms with Crippen LogP contribution in [0.4, 0.5) is 0 Å². The molecule has 19 heavy (non-hydrogen) atoms. The Morgan fingerprint density at radius 1 is 1.42 bits per heavy atom. The number of aliphatic hydroxyl groups is 1. The summed E-state index contributed by atoms with van der Waals surface area (Å²) in [5.74, 6) is -0.0753. The van der Waals surface area contributed by atoms with Crippen LogP contribution in [0.15, 0.2) is 27.6 Å². The van der Waals surface area contributed by atoms with E-state index in [0.717, 1.165) is 35.1 Å². The summed E-state index contributed by atoms with van der Waals surface area (Å²) in [6.45, 7) is 0. The van der Waals surface area contributed by atoms with Crippen LogP contribution in [0, 0.1) is 0 Å². The Balaban J connectivity index is 2.20. The molecule has 0 saturated heterocycles. The van der Waals surface area contributed by atoms with Gasteiger partial charge >= 0.3 is 0 Å². The molecule has 0 heterocycles. The normalized spacial score (nSPS) is 23.2. The average Bonchev–Trinajstić information content (AvgIpc) is 2.40. The number of rotatable bonds is 2. The Kier molecular flexibility index (Phi) is 4.92. The van der Waals surface area contributed by atoms with Crippen molar-refractivity contribution in [3.05, 3.63) is 28.2 Å². The Morgan fingerprint density at radius 2 is 2.11 bits per heavy atom. The van der Waals surface area contributed by atoms with Gasteiger partial charge in [0.1, 0.15) is 0 Å². The van der Waals surface area contributed by atoms with Crippen LogP contribution in [0.2, 0.25) is 0 Å². The molecule has 104 valence electrons. The zero-order valence-electron chi connectivity index (χ0n) is 10.8. The minimum Gasteiger partial charge on any atom is -0.391 e. The van der Waals surface area contributed by atoms with Crippen molar-refractivity contribution in [2.75, 3.05) is 7.05 Å². The van der Waals surface area contributed by atoms with Crippen molar-refractivity contribution in [2.24, 2.45) is 0 Å². The number of likely N-dealkylation sites (N-methyl/N-ethyl adjacent to an activating group) is 1. The smallest absolute Gasteiger partial charge is 0.255 e. The van der Waals surface area contributed by atoms with E-state index in [4.69, 9.17) is 0 Å². The van der Waals surface area contributed by atoms with Gasteiger partial charge in [-0.1, -0.05) is 12.8 Å². The predicted octanol–water partition coefficient (Wildman–Crippen LogP) is 3.11. The summed E-state index contributed by atoms with van der Waals surface area (Å²) in [7, 11) is 1.76. The molecule has 1 aromatic carbocycles. The van der Waals surface area contributed by atoms with Crippen molar-refractivity contribution in [2.45, 2.75) is 42.7 Å². The highest BCUT2D eigenvalue weighted by Crippen LogP contribution is 2.26. The van der Waals surface area contributed by atoms with Gasteiger partial charge in [-0.3, -0.25) is 4.79 Å². The standard InChI is InChI=1S/C14H18BrNO2S/c1-16(12-4-2-3-5-13(12)17)14(18)10-8-9(19)6-7-11(10)15/h6-8,12-13,17,19H,2-5H2,1H3. The number of nitrogens with zero attached hydrogens (tertiary/aromatic N) is 1. The Bertz CT molecular complexity index is 481. The van der Waals surface area contributed by atoms with Gasteiger partial charge in [0.15, 0.2) is 0 Å². The highest BCUT2D eigenvalue weighted by molar-refractivity contribution is 9.10. The van der Waals surface area contributed by atoms with E-state index in [2.05, 4.69) is 28.6 Å². The molecule has 0 aromatic heterocycles. The fraction of sp³-hybridized carbons (Fsp3) is 0.500. The summed E-state index contributed by atoms with van der Waals surface area (Å²) < 4.78 is 0.757. The molecule has 1 fully saturated rings. The molecule has 3 nitrogen and oxygen atoms in total. The van der Waals surface area contributed by atoms with Crippen LogP contribution in [-0.4, -0.2) is 35.1 Å². The van der Waals surface area contributed by atoms with Crippen molar-refractivity contribution < 1.29 is 9.90 Å². The summed E-state index contributed by atoms with van der Waals surface area (Å²) in [6.07, 6.45) is 3.32. The largest absolute Gasteiger partial charge is 0.391 e. The van der Waals surface area contributed by atoms with E-state index in [9.17, 15) is 9.90 Å². The van der Waals surface area contributed by atoms with Gasteiger partial charge in [0.2, 0.25) is 0 Å². The lowest BCUT2D eigenvalue weighted by Crippen LogP contribution is -2.46. The van der Waals surface area contributed by atoms with Crippen LogP contribution in [0.5, 0.6) is 0 Å². The van der Waals surface area contributed by atoms with E-state index in [-0.39, 0.29) is 11.9 Å². The van der Waals surface area contributed by atoms with E-state index in [1.807, 2.05) is 12.1 Å². The second-order valence-corrected chi connectivity index (χ2v) is 6.37. The lowest BCUT2D eigenvalue weighted by molar-refractivity contribution is 0.0267. The summed E-state index contributed by atoms with van der Waals surface area (Å²) in [4.78, 5) is 14.9. The van der Waals surface area contributed by atoms with E-state index in [1.54, 1.807) is 18.0 Å². The first-order chi connectivity index (χ1) is 9.00. The second-order valence-electron chi connectivity index (χ2n) is 5.00. The topological polar surface area (TPSA) is 40.5 Å². The lowest BCUT2D eigenvalue weighted by atomic mass is 9.91. The summed E-state index contributed by atoms with van der Waals surface area (Å²) in [5.41, 5.74) is 0.591.